The first-order valence-corrected chi connectivity index (χ1v) is 8.65. The van der Waals surface area contributed by atoms with Gasteiger partial charge in [0.2, 0.25) is 5.91 Å². The lowest BCUT2D eigenvalue weighted by Gasteiger charge is -2.43. The van der Waals surface area contributed by atoms with Gasteiger partial charge in [-0.05, 0) is 31.7 Å². The Balaban J connectivity index is 1.66. The Morgan fingerprint density at radius 2 is 1.83 bits per heavy atom. The molecule has 24 heavy (non-hydrogen) atoms. The molecular formula is C19H25NO4. The highest BCUT2D eigenvalue weighted by Crippen LogP contribution is 2.47. The van der Waals surface area contributed by atoms with Crippen LogP contribution in [0.3, 0.4) is 0 Å². The first-order valence-electron chi connectivity index (χ1n) is 8.65. The fourth-order valence-electron chi connectivity index (χ4n) is 3.94. The number of rotatable bonds is 7. The number of carbonyl (C=O) groups excluding carboxylic acids is 1. The molecule has 5 heteroatoms. The van der Waals surface area contributed by atoms with Crippen LogP contribution in [0.25, 0.3) is 0 Å². The number of aliphatic carboxylic acids is 1. The molecule has 1 aromatic rings. The number of carboxylic acid groups (broad SMARTS) is 1. The minimum atomic E-state index is -0.841. The van der Waals surface area contributed by atoms with Crippen LogP contribution in [-0.4, -0.2) is 30.6 Å². The number of nitrogens with one attached hydrogen (secondary N) is 1. The van der Waals surface area contributed by atoms with Gasteiger partial charge in [0.25, 0.3) is 0 Å². The van der Waals surface area contributed by atoms with E-state index in [1.807, 2.05) is 18.2 Å². The Labute approximate surface area is 142 Å². The zero-order valence-electron chi connectivity index (χ0n) is 14.1. The van der Waals surface area contributed by atoms with Gasteiger partial charge in [-0.1, -0.05) is 31.0 Å². The van der Waals surface area contributed by atoms with E-state index in [0.717, 1.165) is 37.0 Å². The van der Waals surface area contributed by atoms with Crippen molar-refractivity contribution in [3.05, 3.63) is 29.8 Å². The summed E-state index contributed by atoms with van der Waals surface area (Å²) >= 11 is 0. The molecule has 0 saturated heterocycles. The average molecular weight is 331 g/mol. The van der Waals surface area contributed by atoms with E-state index >= 15 is 0 Å². The van der Waals surface area contributed by atoms with Crippen LogP contribution in [0.2, 0.25) is 0 Å². The largest absolute Gasteiger partial charge is 0.496 e. The summed E-state index contributed by atoms with van der Waals surface area (Å²) in [6, 6.07) is 7.95. The van der Waals surface area contributed by atoms with Crippen molar-refractivity contribution in [1.29, 1.82) is 0 Å². The Morgan fingerprint density at radius 1 is 1.17 bits per heavy atom. The van der Waals surface area contributed by atoms with Crippen molar-refractivity contribution in [2.24, 2.45) is 5.41 Å². The molecule has 0 spiro atoms. The van der Waals surface area contributed by atoms with Gasteiger partial charge in [0.15, 0.2) is 0 Å². The highest BCUT2D eigenvalue weighted by atomic mass is 16.5. The fourth-order valence-corrected chi connectivity index (χ4v) is 3.94. The lowest BCUT2D eigenvalue weighted by molar-refractivity contribution is -0.157. The Hall–Kier alpha value is -2.04. The zero-order chi connectivity index (χ0) is 17.2. The summed E-state index contributed by atoms with van der Waals surface area (Å²) in [4.78, 5) is 23.7. The summed E-state index contributed by atoms with van der Waals surface area (Å²) in [6.07, 6.45) is 5.35. The highest BCUT2D eigenvalue weighted by Gasteiger charge is 2.46. The van der Waals surface area contributed by atoms with Gasteiger partial charge in [0.1, 0.15) is 5.75 Å². The summed E-state index contributed by atoms with van der Waals surface area (Å²) in [6.45, 7) is 0.544. The number of para-hydroxylation sites is 1. The van der Waals surface area contributed by atoms with Crippen molar-refractivity contribution >= 4 is 11.9 Å². The molecule has 2 saturated carbocycles. The van der Waals surface area contributed by atoms with E-state index in [9.17, 15) is 14.7 Å². The molecule has 2 aliphatic rings. The summed E-state index contributed by atoms with van der Waals surface area (Å²) < 4.78 is 5.48. The highest BCUT2D eigenvalue weighted by molar-refractivity contribution is 5.85. The predicted molar refractivity (Wildman–Crippen MR) is 90.1 cm³/mol. The fraction of sp³-hybridized carbons (Fsp3) is 0.579. The van der Waals surface area contributed by atoms with Gasteiger partial charge >= 0.3 is 5.97 Å². The zero-order valence-corrected chi connectivity index (χ0v) is 14.1. The third-order valence-corrected chi connectivity index (χ3v) is 5.88. The molecule has 0 bridgehead atoms. The van der Waals surface area contributed by atoms with E-state index in [1.54, 1.807) is 7.11 Å². The number of carbonyl (C=O) groups is 2. The Morgan fingerprint density at radius 3 is 2.33 bits per heavy atom. The summed E-state index contributed by atoms with van der Waals surface area (Å²) in [5.41, 5.74) is 0.218. The predicted octanol–water partition coefficient (Wildman–Crippen LogP) is 2.88. The van der Waals surface area contributed by atoms with E-state index in [-0.39, 0.29) is 17.7 Å². The summed E-state index contributed by atoms with van der Waals surface area (Å²) in [5, 5.41) is 12.4. The van der Waals surface area contributed by atoms with Gasteiger partial charge in [0, 0.05) is 23.9 Å². The van der Waals surface area contributed by atoms with Crippen LogP contribution >= 0.6 is 0 Å². The number of hydrogen-bond donors (Lipinski definition) is 2. The number of ether oxygens (including phenoxy) is 1. The van der Waals surface area contributed by atoms with E-state index < -0.39 is 11.4 Å². The molecule has 5 nitrogen and oxygen atoms in total. The number of amides is 1. The number of carboxylic acids is 1. The van der Waals surface area contributed by atoms with Crippen molar-refractivity contribution in [2.75, 3.05) is 13.7 Å². The van der Waals surface area contributed by atoms with E-state index in [4.69, 9.17) is 4.74 Å². The second-order valence-corrected chi connectivity index (χ2v) is 7.23. The third kappa shape index (κ3) is 2.87. The standard InChI is InChI=1S/C19H25NO4/c1-24-15-7-3-2-6-14(15)19(10-5-11-19)13-20-16(21)12-18(17(22)23)8-4-9-18/h2-3,6-7H,4-5,8-13H2,1H3,(H,20,21)(H,22,23). The normalized spacial score (nSPS) is 20.4. The van der Waals surface area contributed by atoms with Crippen molar-refractivity contribution < 1.29 is 19.4 Å². The van der Waals surface area contributed by atoms with Crippen LogP contribution in [0.4, 0.5) is 0 Å². The molecule has 0 aliphatic heterocycles. The van der Waals surface area contributed by atoms with Crippen molar-refractivity contribution in [3.8, 4) is 5.75 Å². The second-order valence-electron chi connectivity index (χ2n) is 7.23. The quantitative estimate of drug-likeness (QED) is 0.805. The van der Waals surface area contributed by atoms with Crippen molar-refractivity contribution in [3.63, 3.8) is 0 Å². The molecule has 0 aromatic heterocycles. The van der Waals surface area contributed by atoms with E-state index in [2.05, 4.69) is 11.4 Å². The number of hydrogen-bond acceptors (Lipinski definition) is 3. The molecule has 2 N–H and O–H groups in total. The monoisotopic (exact) mass is 331 g/mol. The first kappa shape index (κ1) is 16.8. The maximum Gasteiger partial charge on any atom is 0.310 e. The lowest BCUT2D eigenvalue weighted by Crippen LogP contribution is -2.48. The Bertz CT molecular complexity index is 632. The lowest BCUT2D eigenvalue weighted by atomic mass is 9.63. The average Bonchev–Trinajstić information content (AvgIpc) is 2.50. The SMILES string of the molecule is COc1ccccc1C1(CNC(=O)CC2(C(=O)O)CCC2)CCC1. The molecular weight excluding hydrogens is 306 g/mol. The maximum atomic E-state index is 12.3. The molecule has 2 aliphatic carbocycles. The molecule has 1 amide bonds. The third-order valence-electron chi connectivity index (χ3n) is 5.88. The van der Waals surface area contributed by atoms with Crippen LogP contribution in [0, 0.1) is 5.41 Å². The van der Waals surface area contributed by atoms with Gasteiger partial charge in [-0.3, -0.25) is 9.59 Å². The van der Waals surface area contributed by atoms with Crippen molar-refractivity contribution in [1.82, 2.24) is 5.32 Å². The Kier molecular flexibility index (Phi) is 4.52. The van der Waals surface area contributed by atoms with Crippen LogP contribution < -0.4 is 10.1 Å². The first-order chi connectivity index (χ1) is 11.5. The van der Waals surface area contributed by atoms with Gasteiger partial charge in [-0.15, -0.1) is 0 Å². The summed E-state index contributed by atoms with van der Waals surface area (Å²) in [7, 11) is 1.66. The molecule has 0 radical (unpaired) electrons. The van der Waals surface area contributed by atoms with E-state index in [1.165, 1.54) is 0 Å². The minimum Gasteiger partial charge on any atom is -0.496 e. The molecule has 0 unspecified atom stereocenters. The second kappa shape index (κ2) is 6.46. The van der Waals surface area contributed by atoms with Gasteiger partial charge < -0.3 is 15.2 Å². The topological polar surface area (TPSA) is 75.6 Å². The van der Waals surface area contributed by atoms with E-state index in [0.29, 0.717) is 19.4 Å². The van der Waals surface area contributed by atoms with Crippen LogP contribution in [0.1, 0.15) is 50.5 Å². The van der Waals surface area contributed by atoms with Gasteiger partial charge in [0.05, 0.1) is 12.5 Å². The van der Waals surface area contributed by atoms with Crippen LogP contribution in [0.5, 0.6) is 5.75 Å². The van der Waals surface area contributed by atoms with Gasteiger partial charge in [-0.2, -0.15) is 0 Å². The molecule has 1 aromatic carbocycles. The van der Waals surface area contributed by atoms with Crippen LogP contribution in [0.15, 0.2) is 24.3 Å². The molecule has 2 fully saturated rings. The van der Waals surface area contributed by atoms with Crippen LogP contribution in [-0.2, 0) is 15.0 Å². The molecule has 130 valence electrons. The smallest absolute Gasteiger partial charge is 0.310 e. The summed E-state index contributed by atoms with van der Waals surface area (Å²) in [5.74, 6) is -0.141. The van der Waals surface area contributed by atoms with Crippen molar-refractivity contribution in [2.45, 2.75) is 50.4 Å². The molecule has 0 atom stereocenters. The number of benzene rings is 1. The molecule has 3 rings (SSSR count). The number of methoxy groups -OCH3 is 1. The molecule has 0 heterocycles. The van der Waals surface area contributed by atoms with Gasteiger partial charge in [-0.25, -0.2) is 0 Å². The minimum absolute atomic E-state index is 0.0851. The maximum absolute atomic E-state index is 12.3.